The van der Waals surface area contributed by atoms with Crippen molar-refractivity contribution in [1.82, 2.24) is 10.6 Å². The molecule has 0 aliphatic carbocycles. The van der Waals surface area contributed by atoms with Crippen LogP contribution in [0.25, 0.3) is 0 Å². The van der Waals surface area contributed by atoms with E-state index in [0.29, 0.717) is 18.5 Å². The summed E-state index contributed by atoms with van der Waals surface area (Å²) < 4.78 is 0. The van der Waals surface area contributed by atoms with E-state index < -0.39 is 0 Å². The first-order valence-electron chi connectivity index (χ1n) is 5.33. The molecule has 0 unspecified atom stereocenters. The summed E-state index contributed by atoms with van der Waals surface area (Å²) in [6, 6.07) is 6.76. The fourth-order valence-electron chi connectivity index (χ4n) is 1.24. The number of carbonyl (C=O) groups excluding carboxylic acids is 2. The molecule has 1 aromatic carbocycles. The van der Waals surface area contributed by atoms with Crippen molar-refractivity contribution in [3.8, 4) is 6.19 Å². The van der Waals surface area contributed by atoms with Crippen molar-refractivity contribution >= 4 is 24.2 Å². The molecule has 0 spiro atoms. The number of amides is 1. The van der Waals surface area contributed by atoms with Gasteiger partial charge < -0.3 is 20.7 Å². The maximum Gasteiger partial charge on any atom is 0.252 e. The van der Waals surface area contributed by atoms with Gasteiger partial charge in [-0.05, 0) is 18.2 Å². The van der Waals surface area contributed by atoms with Crippen molar-refractivity contribution in [2.24, 2.45) is 4.99 Å². The molecule has 1 radical (unpaired) electrons. The number of benzene rings is 1. The molecule has 0 heterocycles. The summed E-state index contributed by atoms with van der Waals surface area (Å²) in [6.45, 7) is 1.39. The number of aliphatic imine (C=N–C) groups is 1. The van der Waals surface area contributed by atoms with Crippen LogP contribution in [0.4, 0.5) is 5.69 Å². The van der Waals surface area contributed by atoms with Crippen molar-refractivity contribution in [3.63, 3.8) is 0 Å². The Hall–Kier alpha value is -2.88. The van der Waals surface area contributed by atoms with Crippen LogP contribution in [0.15, 0.2) is 29.3 Å². The van der Waals surface area contributed by atoms with E-state index in [1.165, 1.54) is 6.34 Å². The Bertz CT molecular complexity index is 507. The summed E-state index contributed by atoms with van der Waals surface area (Å²) in [5.74, 6) is -0.366. The number of carbonyl (C=O) groups is 2. The first kappa shape index (κ1) is 14.2. The lowest BCUT2D eigenvalue weighted by Crippen LogP contribution is -2.22. The van der Waals surface area contributed by atoms with Crippen LogP contribution >= 0.6 is 0 Å². The van der Waals surface area contributed by atoms with E-state index in [2.05, 4.69) is 20.9 Å². The average Bonchev–Trinajstić information content (AvgIpc) is 2.45. The lowest BCUT2D eigenvalue weighted by atomic mass is 10.2. The van der Waals surface area contributed by atoms with Gasteiger partial charge in [0.05, 0.1) is 6.67 Å². The van der Waals surface area contributed by atoms with Crippen LogP contribution in [0.5, 0.6) is 0 Å². The molecular formula is C12H12N5O2. The van der Waals surface area contributed by atoms with Gasteiger partial charge in [-0.25, -0.2) is 0 Å². The Balaban J connectivity index is 2.52. The fraction of sp³-hybridized carbons (Fsp3) is 0.0833. The predicted octanol–water partition coefficient (Wildman–Crippen LogP) is 0.245. The van der Waals surface area contributed by atoms with Crippen molar-refractivity contribution in [2.45, 2.75) is 0 Å². The van der Waals surface area contributed by atoms with E-state index in [9.17, 15) is 9.59 Å². The Morgan fingerprint density at radius 2 is 2.32 bits per heavy atom. The van der Waals surface area contributed by atoms with Crippen molar-refractivity contribution < 1.29 is 9.59 Å². The summed E-state index contributed by atoms with van der Waals surface area (Å²) in [7, 11) is 0. The van der Waals surface area contributed by atoms with Gasteiger partial charge in [-0.1, -0.05) is 6.07 Å². The molecule has 0 saturated carbocycles. The molecule has 0 saturated heterocycles. The van der Waals surface area contributed by atoms with Crippen molar-refractivity contribution in [1.29, 1.82) is 5.26 Å². The molecule has 7 nitrogen and oxygen atoms in total. The summed E-state index contributed by atoms with van der Waals surface area (Å²) in [6.07, 6.45) is 3.37. The second kappa shape index (κ2) is 8.25. The van der Waals surface area contributed by atoms with Crippen molar-refractivity contribution in [3.05, 3.63) is 36.4 Å². The zero-order valence-corrected chi connectivity index (χ0v) is 9.96. The molecular weight excluding hydrogens is 246 g/mol. The second-order valence-corrected chi connectivity index (χ2v) is 3.27. The quantitative estimate of drug-likeness (QED) is 0.162. The lowest BCUT2D eigenvalue weighted by Gasteiger charge is -2.07. The van der Waals surface area contributed by atoms with Gasteiger partial charge in [0.25, 0.3) is 5.91 Å². The molecule has 0 aliphatic heterocycles. The minimum atomic E-state index is -0.366. The lowest BCUT2D eigenvalue weighted by molar-refractivity contribution is -0.105. The number of anilines is 1. The summed E-state index contributed by atoms with van der Waals surface area (Å²) in [5.41, 5.74) is 1.14. The second-order valence-electron chi connectivity index (χ2n) is 3.27. The number of aldehydes is 1. The molecule has 1 rings (SSSR count). The topological polar surface area (TPSA) is 106 Å². The third-order valence-electron chi connectivity index (χ3n) is 2.02. The van der Waals surface area contributed by atoms with Gasteiger partial charge in [0.15, 0.2) is 0 Å². The van der Waals surface area contributed by atoms with Crippen LogP contribution in [0, 0.1) is 18.0 Å². The van der Waals surface area contributed by atoms with E-state index >= 15 is 0 Å². The normalized spacial score (nSPS) is 9.63. The molecule has 1 amide bonds. The highest BCUT2D eigenvalue weighted by atomic mass is 16.2. The predicted molar refractivity (Wildman–Crippen MR) is 70.0 cm³/mol. The van der Waals surface area contributed by atoms with Gasteiger partial charge in [-0.15, -0.1) is 0 Å². The number of nitrogens with one attached hydrogen (secondary N) is 3. The molecule has 1 aromatic rings. The first-order valence-corrected chi connectivity index (χ1v) is 5.33. The Kier molecular flexibility index (Phi) is 6.16. The Morgan fingerprint density at radius 1 is 1.47 bits per heavy atom. The van der Waals surface area contributed by atoms with Gasteiger partial charge >= 0.3 is 0 Å². The molecule has 0 aromatic heterocycles. The van der Waals surface area contributed by atoms with Crippen LogP contribution in [-0.2, 0) is 4.79 Å². The smallest absolute Gasteiger partial charge is 0.252 e. The average molecular weight is 258 g/mol. The number of hydrogen-bond acceptors (Lipinski definition) is 5. The number of rotatable bonds is 7. The van der Waals surface area contributed by atoms with E-state index in [-0.39, 0.29) is 5.91 Å². The maximum atomic E-state index is 11.6. The minimum Gasteiger partial charge on any atom is -0.368 e. The number of nitriles is 1. The van der Waals surface area contributed by atoms with E-state index in [1.807, 2.05) is 0 Å². The van der Waals surface area contributed by atoms with Crippen LogP contribution < -0.4 is 16.0 Å². The number of hydrogen-bond donors (Lipinski definition) is 3. The minimum absolute atomic E-state index is 0.358. The third-order valence-corrected chi connectivity index (χ3v) is 2.02. The maximum absolute atomic E-state index is 11.6. The van der Waals surface area contributed by atoms with Gasteiger partial charge in [0.1, 0.15) is 19.2 Å². The van der Waals surface area contributed by atoms with Crippen LogP contribution in [0.1, 0.15) is 10.4 Å². The summed E-state index contributed by atoms with van der Waals surface area (Å²) in [4.78, 5) is 25.0. The van der Waals surface area contributed by atoms with E-state index in [0.717, 1.165) is 12.2 Å². The van der Waals surface area contributed by atoms with E-state index in [1.54, 1.807) is 30.5 Å². The summed E-state index contributed by atoms with van der Waals surface area (Å²) >= 11 is 0. The van der Waals surface area contributed by atoms with Crippen LogP contribution in [0.3, 0.4) is 0 Å². The SMILES string of the molecule is N#CN=CNCNc1cccc(C(=O)N[CH]C=O)c1. The highest BCUT2D eigenvalue weighted by Gasteiger charge is 2.04. The third kappa shape index (κ3) is 5.32. The highest BCUT2D eigenvalue weighted by Crippen LogP contribution is 2.09. The molecule has 7 heteroatoms. The highest BCUT2D eigenvalue weighted by molar-refractivity contribution is 5.96. The van der Waals surface area contributed by atoms with Gasteiger partial charge in [0.2, 0.25) is 6.19 Å². The van der Waals surface area contributed by atoms with Gasteiger partial charge in [-0.3, -0.25) is 4.79 Å². The standard InChI is InChI=1S/C12H12N5O2/c13-7-14-8-15-9-17-11-3-1-2-10(6-11)12(19)16-4-5-18/h1-6,8,17H,9H2,(H,14,15)(H,16,19). The van der Waals surface area contributed by atoms with Crippen LogP contribution in [0.2, 0.25) is 0 Å². The Labute approximate surface area is 110 Å². The van der Waals surface area contributed by atoms with Gasteiger partial charge in [0, 0.05) is 11.3 Å². The van der Waals surface area contributed by atoms with Crippen LogP contribution in [-0.4, -0.2) is 25.2 Å². The zero-order chi connectivity index (χ0) is 13.9. The summed E-state index contributed by atoms with van der Waals surface area (Å²) in [5, 5.41) is 16.2. The molecule has 0 atom stereocenters. The van der Waals surface area contributed by atoms with Crippen molar-refractivity contribution in [2.75, 3.05) is 12.0 Å². The van der Waals surface area contributed by atoms with Gasteiger partial charge in [-0.2, -0.15) is 10.3 Å². The molecule has 97 valence electrons. The molecule has 3 N–H and O–H groups in total. The fourth-order valence-corrected chi connectivity index (χ4v) is 1.24. The Morgan fingerprint density at radius 3 is 3.05 bits per heavy atom. The molecule has 0 fully saturated rings. The molecule has 19 heavy (non-hydrogen) atoms. The zero-order valence-electron chi connectivity index (χ0n) is 9.96. The monoisotopic (exact) mass is 258 g/mol. The number of nitrogens with zero attached hydrogens (tertiary/aromatic N) is 2. The van der Waals surface area contributed by atoms with E-state index in [4.69, 9.17) is 5.26 Å². The molecule has 0 bridgehead atoms. The molecule has 0 aliphatic rings. The first-order chi connectivity index (χ1) is 9.27. The largest absolute Gasteiger partial charge is 0.368 e.